The van der Waals surface area contributed by atoms with Gasteiger partial charge in [0.05, 0.1) is 30.8 Å². The van der Waals surface area contributed by atoms with Gasteiger partial charge in [0.15, 0.2) is 11.6 Å². The van der Waals surface area contributed by atoms with Crippen LogP contribution in [0.25, 0.3) is 0 Å². The van der Waals surface area contributed by atoms with Gasteiger partial charge in [-0.3, -0.25) is 0 Å². The molecular formula is C20H21FN6O2. The average molecular weight is 396 g/mol. The first kappa shape index (κ1) is 18.8. The Morgan fingerprint density at radius 3 is 2.83 bits per heavy atom. The van der Waals surface area contributed by atoms with Crippen LogP contribution in [0.4, 0.5) is 38.9 Å². The van der Waals surface area contributed by atoms with Crippen molar-refractivity contribution in [3.63, 3.8) is 0 Å². The zero-order valence-corrected chi connectivity index (χ0v) is 15.9. The molecule has 0 spiro atoms. The molecule has 1 aliphatic heterocycles. The van der Waals surface area contributed by atoms with Gasteiger partial charge in [-0.15, -0.1) is 0 Å². The van der Waals surface area contributed by atoms with Crippen molar-refractivity contribution >= 4 is 34.5 Å². The van der Waals surface area contributed by atoms with Crippen LogP contribution in [-0.2, 0) is 4.74 Å². The summed E-state index contributed by atoms with van der Waals surface area (Å²) in [5, 5.41) is 6.28. The zero-order chi connectivity index (χ0) is 20.2. The minimum absolute atomic E-state index is 0.166. The Hall–Kier alpha value is -3.59. The van der Waals surface area contributed by atoms with Gasteiger partial charge in [0.1, 0.15) is 12.4 Å². The molecule has 0 fully saturated rings. The second-order valence-electron chi connectivity index (χ2n) is 6.40. The van der Waals surface area contributed by atoms with Crippen LogP contribution in [0.3, 0.4) is 0 Å². The monoisotopic (exact) mass is 396 g/mol. The number of rotatable bonds is 7. The Bertz CT molecular complexity index is 999. The summed E-state index contributed by atoms with van der Waals surface area (Å²) in [6.07, 6.45) is 1.15. The Morgan fingerprint density at radius 2 is 2.03 bits per heavy atom. The van der Waals surface area contributed by atoms with Gasteiger partial charge in [0.25, 0.3) is 0 Å². The highest BCUT2D eigenvalue weighted by molar-refractivity contribution is 5.82. The molecule has 2 heterocycles. The average Bonchev–Trinajstić information content (AvgIpc) is 3.14. The number of hydrogen-bond donors (Lipinski definition) is 3. The van der Waals surface area contributed by atoms with E-state index in [9.17, 15) is 4.39 Å². The van der Waals surface area contributed by atoms with E-state index < -0.39 is 5.82 Å². The maximum absolute atomic E-state index is 14.5. The van der Waals surface area contributed by atoms with Crippen molar-refractivity contribution in [3.05, 3.63) is 54.5 Å². The Morgan fingerprint density at radius 1 is 1.21 bits per heavy atom. The van der Waals surface area contributed by atoms with Gasteiger partial charge in [-0.05, 0) is 42.5 Å². The molecule has 0 unspecified atom stereocenters. The molecule has 0 aliphatic carbocycles. The number of nitrogen functional groups attached to an aromatic ring is 1. The number of methoxy groups -OCH3 is 1. The molecule has 0 saturated carbocycles. The Kier molecular flexibility index (Phi) is 5.30. The molecule has 4 rings (SSSR count). The Labute approximate surface area is 167 Å². The quantitative estimate of drug-likeness (QED) is 0.412. The van der Waals surface area contributed by atoms with E-state index >= 15 is 0 Å². The summed E-state index contributed by atoms with van der Waals surface area (Å²) in [7, 11) is 1.62. The molecule has 0 atom stereocenters. The van der Waals surface area contributed by atoms with E-state index in [0.717, 1.165) is 29.0 Å². The molecular weight excluding hydrogens is 375 g/mol. The highest BCUT2D eigenvalue weighted by atomic mass is 19.1. The summed E-state index contributed by atoms with van der Waals surface area (Å²) >= 11 is 0. The van der Waals surface area contributed by atoms with Crippen LogP contribution >= 0.6 is 0 Å². The lowest BCUT2D eigenvalue weighted by molar-refractivity contribution is 0.146. The molecule has 1 aromatic heterocycles. The molecule has 150 valence electrons. The van der Waals surface area contributed by atoms with Gasteiger partial charge >= 0.3 is 0 Å². The lowest BCUT2D eigenvalue weighted by atomic mass is 10.2. The second-order valence-corrected chi connectivity index (χ2v) is 6.40. The van der Waals surface area contributed by atoms with Crippen molar-refractivity contribution in [2.75, 3.05) is 48.3 Å². The number of aromatic nitrogens is 2. The number of anilines is 6. The maximum atomic E-state index is 14.5. The van der Waals surface area contributed by atoms with E-state index in [0.29, 0.717) is 25.6 Å². The van der Waals surface area contributed by atoms with Crippen LogP contribution < -0.4 is 26.0 Å². The topological polar surface area (TPSA) is 97.6 Å². The number of nitrogens with zero attached hydrogens (tertiary/aromatic N) is 3. The molecule has 0 amide bonds. The number of hydrogen-bond acceptors (Lipinski definition) is 8. The van der Waals surface area contributed by atoms with E-state index in [4.69, 9.17) is 15.2 Å². The molecule has 2 aromatic carbocycles. The molecule has 0 radical (unpaired) electrons. The van der Waals surface area contributed by atoms with Crippen LogP contribution in [0, 0.1) is 5.82 Å². The van der Waals surface area contributed by atoms with Crippen molar-refractivity contribution in [3.8, 4) is 5.75 Å². The first-order valence-corrected chi connectivity index (χ1v) is 9.06. The van der Waals surface area contributed by atoms with E-state index in [1.54, 1.807) is 24.1 Å². The first-order valence-electron chi connectivity index (χ1n) is 9.06. The van der Waals surface area contributed by atoms with Crippen LogP contribution in [0.2, 0.25) is 0 Å². The summed E-state index contributed by atoms with van der Waals surface area (Å²) < 4.78 is 25.0. The van der Waals surface area contributed by atoms with Crippen molar-refractivity contribution in [2.45, 2.75) is 0 Å². The Balaban J connectivity index is 1.52. The number of benzene rings is 2. The lowest BCUT2D eigenvalue weighted by Crippen LogP contribution is -2.20. The van der Waals surface area contributed by atoms with Crippen LogP contribution in [0.5, 0.6) is 5.75 Å². The normalized spacial score (nSPS) is 12.4. The van der Waals surface area contributed by atoms with E-state index in [2.05, 4.69) is 20.6 Å². The summed E-state index contributed by atoms with van der Waals surface area (Å²) in [5.74, 6) is 0.658. The standard InChI is InChI=1S/C20H21FN6O2/c1-28-8-9-29-15-5-3-14(4-6-15)25-20-23-11-16(21)19(26-20)27-12-24-17-7-2-13(22)10-18(17)27/h2-7,10-11,24H,8-9,12,22H2,1H3,(H,23,25,26). The lowest BCUT2D eigenvalue weighted by Gasteiger charge is -2.18. The molecule has 9 heteroatoms. The van der Waals surface area contributed by atoms with Crippen LogP contribution in [-0.4, -0.2) is 37.0 Å². The van der Waals surface area contributed by atoms with E-state index in [-0.39, 0.29) is 11.8 Å². The van der Waals surface area contributed by atoms with Crippen LogP contribution in [0.15, 0.2) is 48.7 Å². The fourth-order valence-electron chi connectivity index (χ4n) is 2.97. The number of ether oxygens (including phenoxy) is 2. The molecule has 4 N–H and O–H groups in total. The van der Waals surface area contributed by atoms with Gasteiger partial charge in [-0.25, -0.2) is 9.37 Å². The summed E-state index contributed by atoms with van der Waals surface area (Å²) in [6, 6.07) is 12.8. The summed E-state index contributed by atoms with van der Waals surface area (Å²) in [6.45, 7) is 1.38. The van der Waals surface area contributed by atoms with Crippen molar-refractivity contribution in [2.24, 2.45) is 0 Å². The number of halogens is 1. The first-order chi connectivity index (χ1) is 14.1. The summed E-state index contributed by atoms with van der Waals surface area (Å²) in [5.41, 5.74) is 8.87. The SMILES string of the molecule is COCCOc1ccc(Nc2ncc(F)c(N3CNc4ccc(N)cc43)n2)cc1. The zero-order valence-electron chi connectivity index (χ0n) is 15.9. The van der Waals surface area contributed by atoms with Crippen molar-refractivity contribution < 1.29 is 13.9 Å². The van der Waals surface area contributed by atoms with Crippen molar-refractivity contribution in [1.82, 2.24) is 9.97 Å². The number of nitrogens with one attached hydrogen (secondary N) is 2. The molecule has 8 nitrogen and oxygen atoms in total. The minimum atomic E-state index is -0.519. The van der Waals surface area contributed by atoms with Gasteiger partial charge in [0, 0.05) is 18.5 Å². The molecule has 1 aliphatic rings. The second kappa shape index (κ2) is 8.19. The largest absolute Gasteiger partial charge is 0.491 e. The highest BCUT2D eigenvalue weighted by Gasteiger charge is 2.24. The fourth-order valence-corrected chi connectivity index (χ4v) is 2.97. The third-order valence-corrected chi connectivity index (χ3v) is 4.39. The van der Waals surface area contributed by atoms with Crippen LogP contribution in [0.1, 0.15) is 0 Å². The highest BCUT2D eigenvalue weighted by Crippen LogP contribution is 2.38. The maximum Gasteiger partial charge on any atom is 0.229 e. The van der Waals surface area contributed by atoms with Gasteiger partial charge in [-0.1, -0.05) is 0 Å². The minimum Gasteiger partial charge on any atom is -0.491 e. The third kappa shape index (κ3) is 4.14. The third-order valence-electron chi connectivity index (χ3n) is 4.39. The number of nitrogens with two attached hydrogens (primary N) is 1. The molecule has 3 aromatic rings. The smallest absolute Gasteiger partial charge is 0.229 e. The predicted octanol–water partition coefficient (Wildman–Crippen LogP) is 3.49. The molecule has 29 heavy (non-hydrogen) atoms. The van der Waals surface area contributed by atoms with E-state index in [1.165, 1.54) is 0 Å². The fraction of sp³-hybridized carbons (Fsp3) is 0.200. The molecule has 0 bridgehead atoms. The number of fused-ring (bicyclic) bond motifs is 1. The van der Waals surface area contributed by atoms with Gasteiger partial charge in [-0.2, -0.15) is 4.98 Å². The van der Waals surface area contributed by atoms with E-state index in [1.807, 2.05) is 30.3 Å². The predicted molar refractivity (Wildman–Crippen MR) is 111 cm³/mol. The van der Waals surface area contributed by atoms with Gasteiger partial charge < -0.3 is 30.7 Å². The summed E-state index contributed by atoms with van der Waals surface area (Å²) in [4.78, 5) is 10.1. The van der Waals surface area contributed by atoms with Gasteiger partial charge in [0.2, 0.25) is 5.95 Å². The van der Waals surface area contributed by atoms with Crippen molar-refractivity contribution in [1.29, 1.82) is 0 Å². The molecule has 0 saturated heterocycles.